The van der Waals surface area contributed by atoms with Crippen molar-refractivity contribution in [1.29, 1.82) is 0 Å². The van der Waals surface area contributed by atoms with Gasteiger partial charge in [-0.15, -0.1) is 0 Å². The topological polar surface area (TPSA) is 73.6 Å². The van der Waals surface area contributed by atoms with Crippen LogP contribution in [0.4, 0.5) is 5.69 Å². The lowest BCUT2D eigenvalue weighted by Gasteiger charge is -2.23. The Bertz CT molecular complexity index is 517. The number of nitro benzene ring substituents is 1. The Morgan fingerprint density at radius 3 is 2.43 bits per heavy atom. The number of nitrogens with zero attached hydrogens (tertiary/aromatic N) is 1. The van der Waals surface area contributed by atoms with E-state index in [1.165, 1.54) is 6.07 Å². The third kappa shape index (κ3) is 3.64. The van der Waals surface area contributed by atoms with Crippen LogP contribution in [0.5, 0.6) is 11.5 Å². The van der Waals surface area contributed by atoms with Crippen molar-refractivity contribution in [2.24, 2.45) is 5.92 Å². The monoisotopic (exact) mass is 294 g/mol. The summed E-state index contributed by atoms with van der Waals surface area (Å²) in [5.41, 5.74) is 0.784. The minimum Gasteiger partial charge on any atom is -0.486 e. The lowest BCUT2D eigenvalue weighted by atomic mass is 9.95. The van der Waals surface area contributed by atoms with Crippen molar-refractivity contribution in [3.63, 3.8) is 0 Å². The molecule has 116 valence electrons. The molecule has 1 heterocycles. The Hall–Kier alpha value is -1.82. The van der Waals surface area contributed by atoms with E-state index in [1.54, 1.807) is 6.07 Å². The van der Waals surface area contributed by atoms with Crippen molar-refractivity contribution in [2.75, 3.05) is 19.8 Å². The van der Waals surface area contributed by atoms with E-state index in [1.807, 2.05) is 6.92 Å². The van der Waals surface area contributed by atoms with Gasteiger partial charge in [0.2, 0.25) is 0 Å². The van der Waals surface area contributed by atoms with Crippen LogP contribution in [0.1, 0.15) is 26.3 Å². The van der Waals surface area contributed by atoms with Gasteiger partial charge in [-0.1, -0.05) is 20.8 Å². The fraction of sp³-hybridized carbons (Fsp3) is 0.600. The molecule has 6 nitrogen and oxygen atoms in total. The second kappa shape index (κ2) is 6.76. The molecule has 1 N–H and O–H groups in total. The molecule has 0 radical (unpaired) electrons. The van der Waals surface area contributed by atoms with Gasteiger partial charge < -0.3 is 14.8 Å². The summed E-state index contributed by atoms with van der Waals surface area (Å²) in [6.07, 6.45) is 0.596. The summed E-state index contributed by atoms with van der Waals surface area (Å²) in [6, 6.07) is 3.42. The van der Waals surface area contributed by atoms with E-state index < -0.39 is 0 Å². The summed E-state index contributed by atoms with van der Waals surface area (Å²) >= 11 is 0. The van der Waals surface area contributed by atoms with Crippen LogP contribution in [-0.4, -0.2) is 30.7 Å². The summed E-state index contributed by atoms with van der Waals surface area (Å²) in [7, 11) is 0. The number of likely N-dealkylation sites (N-methyl/N-ethyl adjacent to an activating group) is 1. The Morgan fingerprint density at radius 1 is 1.29 bits per heavy atom. The molecule has 1 aromatic rings. The van der Waals surface area contributed by atoms with Crippen molar-refractivity contribution < 1.29 is 14.4 Å². The van der Waals surface area contributed by atoms with Crippen molar-refractivity contribution in [3.05, 3.63) is 27.8 Å². The average Bonchev–Trinajstić information content (AvgIpc) is 2.45. The molecule has 6 heteroatoms. The number of hydrogen-bond donors (Lipinski definition) is 1. The summed E-state index contributed by atoms with van der Waals surface area (Å²) < 4.78 is 11.0. The Morgan fingerprint density at radius 2 is 1.90 bits per heavy atom. The predicted octanol–water partition coefficient (Wildman–Crippen LogP) is 2.54. The van der Waals surface area contributed by atoms with E-state index in [0.717, 1.165) is 6.54 Å². The van der Waals surface area contributed by atoms with E-state index >= 15 is 0 Å². The SMILES string of the molecule is CCNC(Cc1cc2c(cc1[N+](=O)[O-])OCCO2)C(C)C. The Labute approximate surface area is 124 Å². The third-order valence-electron chi connectivity index (χ3n) is 3.65. The summed E-state index contributed by atoms with van der Waals surface area (Å²) in [5, 5.41) is 14.7. The van der Waals surface area contributed by atoms with Gasteiger partial charge in [0.15, 0.2) is 11.5 Å². The fourth-order valence-corrected chi connectivity index (χ4v) is 2.50. The zero-order chi connectivity index (χ0) is 15.4. The van der Waals surface area contributed by atoms with E-state index in [0.29, 0.717) is 42.6 Å². The highest BCUT2D eigenvalue weighted by Crippen LogP contribution is 2.37. The van der Waals surface area contributed by atoms with Gasteiger partial charge in [0.05, 0.1) is 11.0 Å². The molecule has 0 amide bonds. The minimum atomic E-state index is -0.350. The van der Waals surface area contributed by atoms with Crippen LogP contribution in [0.25, 0.3) is 0 Å². The molecule has 0 saturated heterocycles. The highest BCUT2D eigenvalue weighted by Gasteiger charge is 2.24. The third-order valence-corrected chi connectivity index (χ3v) is 3.65. The molecule has 0 aliphatic carbocycles. The van der Waals surface area contributed by atoms with Crippen molar-refractivity contribution in [1.82, 2.24) is 5.32 Å². The van der Waals surface area contributed by atoms with Crippen LogP contribution in [0.2, 0.25) is 0 Å². The first-order valence-electron chi connectivity index (χ1n) is 7.33. The van der Waals surface area contributed by atoms with Crippen molar-refractivity contribution in [2.45, 2.75) is 33.2 Å². The molecule has 1 aromatic carbocycles. The average molecular weight is 294 g/mol. The molecule has 0 fully saturated rings. The normalized spacial score (nSPS) is 15.0. The van der Waals surface area contributed by atoms with Gasteiger partial charge in [0, 0.05) is 11.6 Å². The van der Waals surface area contributed by atoms with Gasteiger partial charge in [0.1, 0.15) is 13.2 Å². The van der Waals surface area contributed by atoms with Crippen LogP contribution >= 0.6 is 0 Å². The molecular formula is C15H22N2O4. The highest BCUT2D eigenvalue weighted by atomic mass is 16.6. The van der Waals surface area contributed by atoms with Gasteiger partial charge in [-0.3, -0.25) is 10.1 Å². The molecule has 1 unspecified atom stereocenters. The van der Waals surface area contributed by atoms with Crippen LogP contribution in [0.3, 0.4) is 0 Å². The van der Waals surface area contributed by atoms with Crippen molar-refractivity contribution in [3.8, 4) is 11.5 Å². The zero-order valence-corrected chi connectivity index (χ0v) is 12.7. The summed E-state index contributed by atoms with van der Waals surface area (Å²) in [5.74, 6) is 1.44. The standard InChI is InChI=1S/C15H22N2O4/c1-4-16-12(10(2)3)7-11-8-14-15(21-6-5-20-14)9-13(11)17(18)19/h8-10,12,16H,4-7H2,1-3H3. The smallest absolute Gasteiger partial charge is 0.276 e. The molecule has 0 spiro atoms. The second-order valence-corrected chi connectivity index (χ2v) is 5.49. The molecule has 1 atom stereocenters. The number of fused-ring (bicyclic) bond motifs is 1. The Balaban J connectivity index is 2.34. The fourth-order valence-electron chi connectivity index (χ4n) is 2.50. The lowest BCUT2D eigenvalue weighted by molar-refractivity contribution is -0.385. The predicted molar refractivity (Wildman–Crippen MR) is 80.1 cm³/mol. The first-order valence-corrected chi connectivity index (χ1v) is 7.33. The molecule has 1 aliphatic heterocycles. The first kappa shape index (κ1) is 15.6. The molecule has 0 saturated carbocycles. The number of ether oxygens (including phenoxy) is 2. The summed E-state index contributed by atoms with van der Waals surface area (Å²) in [6.45, 7) is 7.99. The van der Waals surface area contributed by atoms with Gasteiger partial charge in [-0.25, -0.2) is 0 Å². The van der Waals surface area contributed by atoms with Gasteiger partial charge in [0.25, 0.3) is 5.69 Å². The van der Waals surface area contributed by atoms with Crippen LogP contribution < -0.4 is 14.8 Å². The zero-order valence-electron chi connectivity index (χ0n) is 12.7. The van der Waals surface area contributed by atoms with E-state index in [9.17, 15) is 10.1 Å². The summed E-state index contributed by atoms with van der Waals surface area (Å²) in [4.78, 5) is 11.0. The molecule has 1 aliphatic rings. The maximum atomic E-state index is 11.3. The number of nitrogens with one attached hydrogen (secondary N) is 1. The van der Waals surface area contributed by atoms with E-state index in [2.05, 4.69) is 19.2 Å². The number of rotatable bonds is 6. The van der Waals surface area contributed by atoms with Crippen LogP contribution in [0.15, 0.2) is 12.1 Å². The number of nitro groups is 1. The Kier molecular flexibility index (Phi) is 5.01. The van der Waals surface area contributed by atoms with Gasteiger partial charge >= 0.3 is 0 Å². The quantitative estimate of drug-likeness (QED) is 0.644. The maximum absolute atomic E-state index is 11.3. The number of benzene rings is 1. The molecule has 21 heavy (non-hydrogen) atoms. The minimum absolute atomic E-state index is 0.0998. The van der Waals surface area contributed by atoms with Crippen LogP contribution in [-0.2, 0) is 6.42 Å². The second-order valence-electron chi connectivity index (χ2n) is 5.49. The molecule has 0 bridgehead atoms. The highest BCUT2D eigenvalue weighted by molar-refractivity contribution is 5.55. The number of hydrogen-bond acceptors (Lipinski definition) is 5. The largest absolute Gasteiger partial charge is 0.486 e. The van der Waals surface area contributed by atoms with Crippen LogP contribution in [0, 0.1) is 16.0 Å². The molecular weight excluding hydrogens is 272 g/mol. The van der Waals surface area contributed by atoms with E-state index in [4.69, 9.17) is 9.47 Å². The molecule has 0 aromatic heterocycles. The first-order chi connectivity index (χ1) is 10.0. The van der Waals surface area contributed by atoms with Gasteiger partial charge in [-0.2, -0.15) is 0 Å². The van der Waals surface area contributed by atoms with Crippen molar-refractivity contribution >= 4 is 5.69 Å². The van der Waals surface area contributed by atoms with E-state index in [-0.39, 0.29) is 16.7 Å². The van der Waals surface area contributed by atoms with Gasteiger partial charge in [-0.05, 0) is 24.9 Å². The maximum Gasteiger partial charge on any atom is 0.276 e. The molecule has 2 rings (SSSR count). The lowest BCUT2D eigenvalue weighted by Crippen LogP contribution is -2.35.